The molecule has 4 atom stereocenters. The summed E-state index contributed by atoms with van der Waals surface area (Å²) in [6.07, 6.45) is 6.69. The lowest BCUT2D eigenvalue weighted by molar-refractivity contribution is -0.158. The topological polar surface area (TPSA) is 251 Å². The Hall–Kier alpha value is -4.47. The second-order valence-electron chi connectivity index (χ2n) is 8.71. The van der Waals surface area contributed by atoms with E-state index in [0.717, 1.165) is 64.3 Å². The van der Waals surface area contributed by atoms with Gasteiger partial charge in [0.05, 0.1) is 5.56 Å². The van der Waals surface area contributed by atoms with Gasteiger partial charge in [-0.1, -0.05) is 23.5 Å². The summed E-state index contributed by atoms with van der Waals surface area (Å²) in [5, 5.41) is 4.83. The fourth-order valence-electron chi connectivity index (χ4n) is 4.09. The number of ether oxygens (including phenoxy) is 2. The van der Waals surface area contributed by atoms with Crippen molar-refractivity contribution >= 4 is 82.6 Å². The van der Waals surface area contributed by atoms with Crippen LogP contribution in [0.1, 0.15) is 20.8 Å². The molecular formula is C23H21N9O8S4. The molecule has 4 unspecified atom stereocenters. The Morgan fingerprint density at radius 2 is 1.16 bits per heavy atom. The second-order valence-corrected chi connectivity index (χ2v) is 12.8. The zero-order chi connectivity index (χ0) is 31.8. The van der Waals surface area contributed by atoms with Crippen molar-refractivity contribution in [2.75, 3.05) is 0 Å². The molecular weight excluding hydrogens is 659 g/mol. The lowest BCUT2D eigenvalue weighted by Gasteiger charge is -2.41. The number of hydrazine groups is 2. The maximum atomic E-state index is 13.1. The van der Waals surface area contributed by atoms with Gasteiger partial charge in [-0.05, 0) is 57.3 Å². The number of aromatic nitrogens is 1. The number of carbonyl (C=O) groups excluding carboxylic acids is 6. The number of carbonyl (C=O) groups is 6. The van der Waals surface area contributed by atoms with Crippen LogP contribution in [0.3, 0.4) is 0 Å². The van der Waals surface area contributed by atoms with Gasteiger partial charge in [-0.3, -0.25) is 29.2 Å². The summed E-state index contributed by atoms with van der Waals surface area (Å²) in [6.45, 7) is 0. The number of hydrogen-bond donors (Lipinski definition) is 4. The molecule has 4 aliphatic rings. The van der Waals surface area contributed by atoms with Gasteiger partial charge in [-0.25, -0.2) is 24.6 Å². The molecule has 44 heavy (non-hydrogen) atoms. The Bertz CT molecular complexity index is 1440. The van der Waals surface area contributed by atoms with Crippen molar-refractivity contribution in [3.63, 3.8) is 0 Å². The minimum atomic E-state index is -2.13. The first-order valence-corrected chi connectivity index (χ1v) is 15.7. The molecule has 0 aromatic carbocycles. The summed E-state index contributed by atoms with van der Waals surface area (Å²) in [7, 11) is 0. The highest BCUT2D eigenvalue weighted by molar-refractivity contribution is 8.04. The summed E-state index contributed by atoms with van der Waals surface area (Å²) in [5.41, 5.74) is 21.7. The highest BCUT2D eigenvalue weighted by Gasteiger charge is 2.55. The third-order valence-electron chi connectivity index (χ3n) is 6.06. The molecule has 0 radical (unpaired) electrons. The molecule has 230 valence electrons. The lowest BCUT2D eigenvalue weighted by atomic mass is 10.2. The normalized spacial score (nSPS) is 26.8. The maximum absolute atomic E-state index is 13.1. The Morgan fingerprint density at radius 1 is 0.682 bits per heavy atom. The number of esters is 2. The molecule has 0 spiro atoms. The SMILES string of the molecule is NC(=O)C1SC=CN1N1C=CSC1(OC(=O)c1ccc(C(=O)OC2(C(N)=O)SC=CN2N2C=CSC2C(N)=O)nc1)C(N)=O. The summed E-state index contributed by atoms with van der Waals surface area (Å²) in [6, 6.07) is 2.30. The molecule has 4 aliphatic heterocycles. The molecule has 17 nitrogen and oxygen atoms in total. The van der Waals surface area contributed by atoms with Crippen LogP contribution in [0, 0.1) is 0 Å². The maximum Gasteiger partial charge on any atom is 0.360 e. The third kappa shape index (κ3) is 5.27. The van der Waals surface area contributed by atoms with Crippen molar-refractivity contribution in [1.29, 1.82) is 0 Å². The van der Waals surface area contributed by atoms with Crippen LogP contribution in [0.2, 0.25) is 0 Å². The van der Waals surface area contributed by atoms with Gasteiger partial charge in [0.2, 0.25) is 0 Å². The van der Waals surface area contributed by atoms with Gasteiger partial charge in [0.25, 0.3) is 23.6 Å². The van der Waals surface area contributed by atoms with E-state index in [1.165, 1.54) is 56.7 Å². The van der Waals surface area contributed by atoms with E-state index in [1.54, 1.807) is 10.8 Å². The molecule has 4 amide bonds. The van der Waals surface area contributed by atoms with Gasteiger partial charge in [-0.2, -0.15) is 0 Å². The minimum Gasteiger partial charge on any atom is -0.414 e. The summed E-state index contributed by atoms with van der Waals surface area (Å²) in [4.78, 5) is 79.3. The van der Waals surface area contributed by atoms with Crippen molar-refractivity contribution in [3.8, 4) is 0 Å². The van der Waals surface area contributed by atoms with E-state index in [2.05, 4.69) is 4.98 Å². The number of pyridine rings is 1. The third-order valence-corrected chi connectivity index (χ3v) is 10.1. The van der Waals surface area contributed by atoms with Crippen LogP contribution in [0.4, 0.5) is 0 Å². The zero-order valence-corrected chi connectivity index (χ0v) is 25.2. The number of hydrogen-bond acceptors (Lipinski definition) is 17. The summed E-state index contributed by atoms with van der Waals surface area (Å²) < 4.78 is 11.1. The molecule has 5 rings (SSSR count). The summed E-state index contributed by atoms with van der Waals surface area (Å²) >= 11 is 3.68. The van der Waals surface area contributed by atoms with Gasteiger partial charge in [0, 0.05) is 31.0 Å². The van der Waals surface area contributed by atoms with Crippen molar-refractivity contribution in [3.05, 3.63) is 76.0 Å². The van der Waals surface area contributed by atoms with Crippen molar-refractivity contribution in [2.45, 2.75) is 20.9 Å². The predicted octanol–water partition coefficient (Wildman–Crippen LogP) is -0.794. The first kappa shape index (κ1) is 31.0. The van der Waals surface area contributed by atoms with E-state index >= 15 is 0 Å². The number of amides is 4. The monoisotopic (exact) mass is 679 g/mol. The van der Waals surface area contributed by atoms with Crippen molar-refractivity contribution in [1.82, 2.24) is 25.0 Å². The van der Waals surface area contributed by atoms with Crippen LogP contribution in [-0.2, 0) is 28.7 Å². The fraction of sp³-hybridized carbons (Fsp3) is 0.174. The van der Waals surface area contributed by atoms with Crippen LogP contribution in [0.25, 0.3) is 0 Å². The summed E-state index contributed by atoms with van der Waals surface area (Å²) in [5.74, 6) is -5.69. The van der Waals surface area contributed by atoms with Crippen LogP contribution in [0.15, 0.2) is 64.8 Å². The van der Waals surface area contributed by atoms with E-state index in [9.17, 15) is 28.8 Å². The molecule has 21 heteroatoms. The van der Waals surface area contributed by atoms with Crippen molar-refractivity contribution < 1.29 is 38.2 Å². The van der Waals surface area contributed by atoms with Gasteiger partial charge < -0.3 is 32.4 Å². The van der Waals surface area contributed by atoms with Gasteiger partial charge in [0.1, 0.15) is 5.69 Å². The van der Waals surface area contributed by atoms with E-state index in [-0.39, 0.29) is 11.3 Å². The minimum absolute atomic E-state index is 0.181. The number of nitrogens with two attached hydrogens (primary N) is 4. The van der Waals surface area contributed by atoms with E-state index < -0.39 is 56.4 Å². The standard InChI is InChI=1S/C23H21N9O8S4/c24-14(33)16-29(3-7-41-16)31-5-9-43-22(31,20(26)37)39-18(35)12-1-2-13(28-11-12)19(36)40-23(21(27)38)32(6-10-44-23)30-4-8-42-17(30)15(25)34/h1-11,16-17H,(H2,24,33)(H2,25,34)(H2,26,37)(H2,27,38). The molecule has 0 fully saturated rings. The number of thioether (sulfide) groups is 4. The predicted molar refractivity (Wildman–Crippen MR) is 159 cm³/mol. The smallest absolute Gasteiger partial charge is 0.360 e. The lowest BCUT2D eigenvalue weighted by Crippen LogP contribution is -2.60. The second kappa shape index (κ2) is 11.9. The van der Waals surface area contributed by atoms with Gasteiger partial charge >= 0.3 is 22.1 Å². The molecule has 8 N–H and O–H groups in total. The zero-order valence-electron chi connectivity index (χ0n) is 22.0. The molecule has 5 heterocycles. The molecule has 0 saturated heterocycles. The Kier molecular flexibility index (Phi) is 8.38. The first-order chi connectivity index (χ1) is 20.9. The van der Waals surface area contributed by atoms with Crippen LogP contribution < -0.4 is 22.9 Å². The average Bonchev–Trinajstić information content (AvgIpc) is 3.78. The highest BCUT2D eigenvalue weighted by atomic mass is 32.2. The molecule has 0 saturated carbocycles. The Labute approximate surface area is 264 Å². The van der Waals surface area contributed by atoms with Gasteiger partial charge in [0.15, 0.2) is 10.7 Å². The highest BCUT2D eigenvalue weighted by Crippen LogP contribution is 2.44. The molecule has 1 aromatic heterocycles. The Morgan fingerprint density at radius 3 is 1.57 bits per heavy atom. The van der Waals surface area contributed by atoms with Crippen LogP contribution in [0.5, 0.6) is 0 Å². The van der Waals surface area contributed by atoms with Crippen LogP contribution >= 0.6 is 47.0 Å². The first-order valence-electron chi connectivity index (χ1n) is 12.0. The van der Waals surface area contributed by atoms with E-state index in [1.807, 2.05) is 0 Å². The quantitative estimate of drug-likeness (QED) is 0.221. The van der Waals surface area contributed by atoms with E-state index in [4.69, 9.17) is 32.4 Å². The number of primary amides is 4. The van der Waals surface area contributed by atoms with E-state index in [0.29, 0.717) is 0 Å². The Balaban J connectivity index is 1.32. The largest absolute Gasteiger partial charge is 0.414 e. The molecule has 0 aliphatic carbocycles. The number of nitrogens with zero attached hydrogens (tertiary/aromatic N) is 5. The average molecular weight is 680 g/mol. The van der Waals surface area contributed by atoms with Crippen molar-refractivity contribution in [2.24, 2.45) is 22.9 Å². The molecule has 0 bridgehead atoms. The molecule has 1 aromatic rings. The number of rotatable bonds is 10. The van der Waals surface area contributed by atoms with Gasteiger partial charge in [-0.15, -0.1) is 0 Å². The van der Waals surface area contributed by atoms with Crippen LogP contribution in [-0.4, -0.2) is 81.4 Å². The fourth-order valence-corrected chi connectivity index (χ4v) is 7.37.